The van der Waals surface area contributed by atoms with Gasteiger partial charge in [0, 0.05) is 29.1 Å². The molecule has 0 spiro atoms. The first-order valence-corrected chi connectivity index (χ1v) is 7.71. The highest BCUT2D eigenvalue weighted by atomic mass is 32.1. The lowest BCUT2D eigenvalue weighted by atomic mass is 10.1. The summed E-state index contributed by atoms with van der Waals surface area (Å²) in [5.74, 6) is -0.317. The molecule has 2 N–H and O–H groups in total. The van der Waals surface area contributed by atoms with Crippen molar-refractivity contribution >= 4 is 28.6 Å². The molecule has 0 bridgehead atoms. The number of thiophene rings is 1. The van der Waals surface area contributed by atoms with Crippen LogP contribution in [0.15, 0.2) is 35.7 Å². The Morgan fingerprint density at radius 2 is 2.14 bits per heavy atom. The van der Waals surface area contributed by atoms with Crippen molar-refractivity contribution in [2.75, 3.05) is 5.32 Å². The molecule has 7 heteroatoms. The van der Waals surface area contributed by atoms with Gasteiger partial charge < -0.3 is 10.6 Å². The number of nitro benzene ring substituents is 1. The summed E-state index contributed by atoms with van der Waals surface area (Å²) < 4.78 is 0. The molecular formula is C15H17N3O3S. The Labute approximate surface area is 132 Å². The van der Waals surface area contributed by atoms with E-state index in [9.17, 15) is 14.9 Å². The van der Waals surface area contributed by atoms with Crippen molar-refractivity contribution in [3.63, 3.8) is 0 Å². The fourth-order valence-electron chi connectivity index (χ4n) is 1.91. The summed E-state index contributed by atoms with van der Waals surface area (Å²) in [7, 11) is 0. The van der Waals surface area contributed by atoms with Gasteiger partial charge in [-0.1, -0.05) is 6.07 Å². The molecule has 1 aromatic carbocycles. The minimum Gasteiger partial charge on any atom is -0.375 e. The monoisotopic (exact) mass is 319 g/mol. The Morgan fingerprint density at radius 3 is 2.73 bits per heavy atom. The quantitative estimate of drug-likeness (QED) is 0.631. The van der Waals surface area contributed by atoms with Crippen LogP contribution in [0.4, 0.5) is 11.4 Å². The number of amides is 1. The first-order valence-electron chi connectivity index (χ1n) is 6.83. The summed E-state index contributed by atoms with van der Waals surface area (Å²) >= 11 is 1.57. The number of benzene rings is 1. The van der Waals surface area contributed by atoms with Gasteiger partial charge in [-0.25, -0.2) is 0 Å². The third-order valence-corrected chi connectivity index (χ3v) is 3.79. The molecule has 2 rings (SSSR count). The number of hydrogen-bond donors (Lipinski definition) is 2. The van der Waals surface area contributed by atoms with Crippen LogP contribution in [0, 0.1) is 10.1 Å². The van der Waals surface area contributed by atoms with Crippen molar-refractivity contribution in [1.82, 2.24) is 5.32 Å². The summed E-state index contributed by atoms with van der Waals surface area (Å²) in [4.78, 5) is 23.7. The van der Waals surface area contributed by atoms with Crippen LogP contribution in [0.25, 0.3) is 0 Å². The molecule has 1 amide bonds. The largest absolute Gasteiger partial charge is 0.375 e. The van der Waals surface area contributed by atoms with Crippen LogP contribution >= 0.6 is 11.3 Å². The predicted molar refractivity (Wildman–Crippen MR) is 87.3 cm³/mol. The van der Waals surface area contributed by atoms with Crippen LogP contribution < -0.4 is 10.6 Å². The summed E-state index contributed by atoms with van der Waals surface area (Å²) in [5.41, 5.74) is 0.578. The first-order chi connectivity index (χ1) is 10.5. The number of anilines is 1. The minimum absolute atomic E-state index is 0.0248. The van der Waals surface area contributed by atoms with Crippen molar-refractivity contribution in [3.8, 4) is 0 Å². The summed E-state index contributed by atoms with van der Waals surface area (Å²) in [5, 5.41) is 18.9. The van der Waals surface area contributed by atoms with E-state index < -0.39 is 4.92 Å². The summed E-state index contributed by atoms with van der Waals surface area (Å²) in [6.45, 7) is 4.18. The van der Waals surface area contributed by atoms with E-state index in [1.165, 1.54) is 6.07 Å². The van der Waals surface area contributed by atoms with Crippen molar-refractivity contribution in [2.45, 2.75) is 26.4 Å². The van der Waals surface area contributed by atoms with Crippen LogP contribution in [-0.4, -0.2) is 16.9 Å². The average Bonchev–Trinajstić information content (AvgIpc) is 2.97. The maximum atomic E-state index is 11.9. The Morgan fingerprint density at radius 1 is 1.36 bits per heavy atom. The molecule has 0 fully saturated rings. The van der Waals surface area contributed by atoms with Gasteiger partial charge in [-0.3, -0.25) is 14.9 Å². The summed E-state index contributed by atoms with van der Waals surface area (Å²) in [6, 6.07) is 8.31. The molecule has 2 aromatic rings. The van der Waals surface area contributed by atoms with E-state index in [4.69, 9.17) is 0 Å². The van der Waals surface area contributed by atoms with Crippen molar-refractivity contribution in [3.05, 3.63) is 56.3 Å². The fourth-order valence-corrected chi connectivity index (χ4v) is 2.56. The lowest BCUT2D eigenvalue weighted by Crippen LogP contribution is -2.30. The molecule has 22 heavy (non-hydrogen) atoms. The second-order valence-electron chi connectivity index (χ2n) is 5.05. The molecule has 1 heterocycles. The predicted octanol–water partition coefficient (Wildman–Crippen LogP) is 3.41. The highest BCUT2D eigenvalue weighted by molar-refractivity contribution is 7.09. The number of carbonyl (C=O) groups excluding carboxylic acids is 1. The number of rotatable bonds is 6. The van der Waals surface area contributed by atoms with Gasteiger partial charge in [0.15, 0.2) is 0 Å². The normalized spacial score (nSPS) is 10.5. The van der Waals surface area contributed by atoms with Crippen LogP contribution in [0.5, 0.6) is 0 Å². The molecule has 0 radical (unpaired) electrons. The molecule has 0 unspecified atom stereocenters. The van der Waals surface area contributed by atoms with E-state index in [-0.39, 0.29) is 23.2 Å². The third-order valence-electron chi connectivity index (χ3n) is 2.91. The van der Waals surface area contributed by atoms with Crippen LogP contribution in [-0.2, 0) is 6.54 Å². The maximum Gasteiger partial charge on any atom is 0.293 e. The van der Waals surface area contributed by atoms with Gasteiger partial charge in [0.2, 0.25) is 0 Å². The zero-order chi connectivity index (χ0) is 16.1. The van der Waals surface area contributed by atoms with Crippen molar-refractivity contribution < 1.29 is 9.72 Å². The van der Waals surface area contributed by atoms with Gasteiger partial charge in [0.05, 0.1) is 4.92 Å². The van der Waals surface area contributed by atoms with Crippen LogP contribution in [0.1, 0.15) is 29.1 Å². The lowest BCUT2D eigenvalue weighted by molar-refractivity contribution is -0.384. The second kappa shape index (κ2) is 7.04. The number of nitro groups is 1. The summed E-state index contributed by atoms with van der Waals surface area (Å²) in [6.07, 6.45) is 0. The third kappa shape index (κ3) is 4.05. The molecule has 0 atom stereocenters. The molecule has 0 saturated carbocycles. The SMILES string of the molecule is CC(C)NC(=O)c1ccc(NCc2cccs2)c([N+](=O)[O-])c1. The minimum atomic E-state index is -0.483. The van der Waals surface area contributed by atoms with E-state index >= 15 is 0 Å². The molecule has 0 saturated heterocycles. The zero-order valence-corrected chi connectivity index (χ0v) is 13.1. The average molecular weight is 319 g/mol. The van der Waals surface area contributed by atoms with Crippen LogP contribution in [0.3, 0.4) is 0 Å². The number of nitrogens with one attached hydrogen (secondary N) is 2. The molecule has 1 aromatic heterocycles. The van der Waals surface area contributed by atoms with Gasteiger partial charge in [-0.15, -0.1) is 11.3 Å². The zero-order valence-electron chi connectivity index (χ0n) is 12.3. The van der Waals surface area contributed by atoms with E-state index in [2.05, 4.69) is 10.6 Å². The van der Waals surface area contributed by atoms with E-state index in [1.54, 1.807) is 23.5 Å². The number of hydrogen-bond acceptors (Lipinski definition) is 5. The fraction of sp³-hybridized carbons (Fsp3) is 0.267. The molecule has 0 aliphatic heterocycles. The first kappa shape index (κ1) is 16.0. The second-order valence-corrected chi connectivity index (χ2v) is 6.08. The van der Waals surface area contributed by atoms with Crippen molar-refractivity contribution in [2.24, 2.45) is 0 Å². The highest BCUT2D eigenvalue weighted by Gasteiger charge is 2.17. The van der Waals surface area contributed by atoms with Gasteiger partial charge in [0.25, 0.3) is 11.6 Å². The smallest absolute Gasteiger partial charge is 0.293 e. The van der Waals surface area contributed by atoms with Gasteiger partial charge >= 0.3 is 0 Å². The van der Waals surface area contributed by atoms with Crippen molar-refractivity contribution in [1.29, 1.82) is 0 Å². The maximum absolute atomic E-state index is 11.9. The molecule has 0 aliphatic rings. The molecule has 116 valence electrons. The molecular weight excluding hydrogens is 302 g/mol. The van der Waals surface area contributed by atoms with Gasteiger partial charge in [0.1, 0.15) is 5.69 Å². The molecule has 6 nitrogen and oxygen atoms in total. The Balaban J connectivity index is 2.20. The Hall–Kier alpha value is -2.41. The topological polar surface area (TPSA) is 84.3 Å². The van der Waals surface area contributed by atoms with Crippen LogP contribution in [0.2, 0.25) is 0 Å². The number of carbonyl (C=O) groups is 1. The standard InChI is InChI=1S/C15H17N3O3S/c1-10(2)17-15(19)11-5-6-13(14(8-11)18(20)21)16-9-12-4-3-7-22-12/h3-8,10,16H,9H2,1-2H3,(H,17,19). The van der Waals surface area contributed by atoms with Gasteiger partial charge in [-0.2, -0.15) is 0 Å². The van der Waals surface area contributed by atoms with E-state index in [1.807, 2.05) is 31.4 Å². The Bertz CT molecular complexity index is 669. The molecule has 0 aliphatic carbocycles. The Kier molecular flexibility index (Phi) is 5.11. The van der Waals surface area contributed by atoms with E-state index in [0.29, 0.717) is 12.2 Å². The highest BCUT2D eigenvalue weighted by Crippen LogP contribution is 2.26. The van der Waals surface area contributed by atoms with Gasteiger partial charge in [-0.05, 0) is 37.4 Å². The lowest BCUT2D eigenvalue weighted by Gasteiger charge is -2.10. The van der Waals surface area contributed by atoms with E-state index in [0.717, 1.165) is 4.88 Å². The number of nitrogens with zero attached hydrogens (tertiary/aromatic N) is 1.